The summed E-state index contributed by atoms with van der Waals surface area (Å²) in [5.41, 5.74) is 2.74. The summed E-state index contributed by atoms with van der Waals surface area (Å²) in [6.07, 6.45) is 3.59. The fourth-order valence-electron chi connectivity index (χ4n) is 2.40. The summed E-state index contributed by atoms with van der Waals surface area (Å²) in [6, 6.07) is 0. The molecule has 7 nitrogen and oxygen atoms in total. The van der Waals surface area contributed by atoms with E-state index < -0.39 is 0 Å². The topological polar surface area (TPSA) is 83.1 Å². The number of carbonyl (C=O) groups excluding carboxylic acids is 1. The number of hydrogen-bond acceptors (Lipinski definition) is 6. The third-order valence-corrected chi connectivity index (χ3v) is 4.26. The van der Waals surface area contributed by atoms with Gasteiger partial charge in [0.05, 0.1) is 30.6 Å². The zero-order valence-corrected chi connectivity index (χ0v) is 13.2. The number of thiazole rings is 1. The summed E-state index contributed by atoms with van der Waals surface area (Å²) < 4.78 is 5.82. The molecule has 1 amide bonds. The van der Waals surface area contributed by atoms with Crippen LogP contribution in [0.5, 0.6) is 0 Å². The first-order valence-electron chi connectivity index (χ1n) is 7.20. The molecule has 0 unspecified atom stereocenters. The number of aromatic amines is 1. The minimum atomic E-state index is -0.0623. The number of imidazole rings is 1. The number of morpholine rings is 1. The van der Waals surface area contributed by atoms with Gasteiger partial charge in [0, 0.05) is 37.6 Å². The lowest BCUT2D eigenvalue weighted by molar-refractivity contribution is -0.119. The molecule has 1 saturated heterocycles. The molecule has 0 saturated carbocycles. The number of carbonyl (C=O) groups is 1. The Bertz CT molecular complexity index is 613. The van der Waals surface area contributed by atoms with Gasteiger partial charge in [-0.25, -0.2) is 4.98 Å². The second-order valence-corrected chi connectivity index (χ2v) is 6.24. The first-order chi connectivity index (χ1) is 10.7. The van der Waals surface area contributed by atoms with Crippen molar-refractivity contribution in [3.63, 3.8) is 0 Å². The molecular weight excluding hydrogens is 302 g/mol. The molecule has 118 valence electrons. The minimum Gasteiger partial charge on any atom is -0.368 e. The molecule has 3 rings (SSSR count). The lowest BCUT2D eigenvalue weighted by Crippen LogP contribution is -2.38. The van der Waals surface area contributed by atoms with Gasteiger partial charge in [0.25, 0.3) is 0 Å². The van der Waals surface area contributed by atoms with Crippen molar-refractivity contribution >= 4 is 17.2 Å². The molecule has 0 spiro atoms. The molecule has 1 aliphatic rings. The molecular formula is C14H19N5O2S. The zero-order valence-electron chi connectivity index (χ0n) is 12.4. The maximum absolute atomic E-state index is 10.9. The summed E-state index contributed by atoms with van der Waals surface area (Å²) in [6.45, 7) is 5.24. The van der Waals surface area contributed by atoms with E-state index in [1.165, 1.54) is 11.8 Å². The van der Waals surface area contributed by atoms with Crippen molar-refractivity contribution in [2.45, 2.75) is 26.1 Å². The van der Waals surface area contributed by atoms with Gasteiger partial charge in [0.1, 0.15) is 11.9 Å². The van der Waals surface area contributed by atoms with Gasteiger partial charge in [-0.3, -0.25) is 14.7 Å². The van der Waals surface area contributed by atoms with Crippen LogP contribution in [0.25, 0.3) is 0 Å². The fourth-order valence-corrected chi connectivity index (χ4v) is 3.04. The molecule has 1 fully saturated rings. The third-order valence-electron chi connectivity index (χ3n) is 3.49. The maximum atomic E-state index is 10.9. The Morgan fingerprint density at radius 1 is 1.59 bits per heavy atom. The van der Waals surface area contributed by atoms with E-state index in [0.717, 1.165) is 31.2 Å². The number of hydrogen-bond donors (Lipinski definition) is 2. The highest BCUT2D eigenvalue weighted by Gasteiger charge is 2.24. The first kappa shape index (κ1) is 15.1. The second kappa shape index (κ2) is 6.99. The number of aromatic nitrogens is 3. The monoisotopic (exact) mass is 321 g/mol. The molecule has 2 aromatic heterocycles. The van der Waals surface area contributed by atoms with Crippen molar-refractivity contribution in [3.8, 4) is 0 Å². The lowest BCUT2D eigenvalue weighted by Gasteiger charge is -2.31. The van der Waals surface area contributed by atoms with Crippen LogP contribution in [0.1, 0.15) is 29.4 Å². The number of nitrogens with one attached hydrogen (secondary N) is 2. The van der Waals surface area contributed by atoms with Gasteiger partial charge in [0.2, 0.25) is 5.91 Å². The van der Waals surface area contributed by atoms with Crippen molar-refractivity contribution in [1.82, 2.24) is 25.2 Å². The normalized spacial score (nSPS) is 19.2. The predicted octanol–water partition coefficient (Wildman–Crippen LogP) is 1.08. The summed E-state index contributed by atoms with van der Waals surface area (Å²) in [5, 5.41) is 2.75. The van der Waals surface area contributed by atoms with E-state index in [4.69, 9.17) is 4.74 Å². The van der Waals surface area contributed by atoms with Gasteiger partial charge < -0.3 is 15.0 Å². The van der Waals surface area contributed by atoms with Crippen molar-refractivity contribution < 1.29 is 9.53 Å². The molecule has 0 radical (unpaired) electrons. The average molecular weight is 321 g/mol. The van der Waals surface area contributed by atoms with Crippen molar-refractivity contribution in [3.05, 3.63) is 34.3 Å². The van der Waals surface area contributed by atoms with Crippen LogP contribution in [0, 0.1) is 0 Å². The third kappa shape index (κ3) is 3.90. The molecule has 22 heavy (non-hydrogen) atoms. The Hall–Kier alpha value is -1.77. The van der Waals surface area contributed by atoms with E-state index in [1.807, 2.05) is 11.7 Å². The summed E-state index contributed by atoms with van der Waals surface area (Å²) in [7, 11) is 0. The van der Waals surface area contributed by atoms with Crippen LogP contribution >= 0.6 is 11.3 Å². The number of ether oxygens (including phenoxy) is 1. The highest BCUT2D eigenvalue weighted by Crippen LogP contribution is 2.21. The van der Waals surface area contributed by atoms with E-state index in [-0.39, 0.29) is 12.0 Å². The van der Waals surface area contributed by atoms with Gasteiger partial charge in [-0.1, -0.05) is 0 Å². The molecule has 2 aromatic rings. The Balaban J connectivity index is 1.58. The quantitative estimate of drug-likeness (QED) is 0.861. The number of amides is 1. The molecule has 2 N–H and O–H groups in total. The Labute approximate surface area is 132 Å². The Morgan fingerprint density at radius 3 is 3.27 bits per heavy atom. The molecule has 0 bridgehead atoms. The van der Waals surface area contributed by atoms with Crippen LogP contribution in [0.2, 0.25) is 0 Å². The molecule has 0 aromatic carbocycles. The summed E-state index contributed by atoms with van der Waals surface area (Å²) in [5.74, 6) is 0.759. The molecule has 1 atom stereocenters. The smallest absolute Gasteiger partial charge is 0.217 e. The van der Waals surface area contributed by atoms with E-state index in [2.05, 4.69) is 25.2 Å². The Kier molecular flexibility index (Phi) is 4.81. The van der Waals surface area contributed by atoms with Gasteiger partial charge in [-0.15, -0.1) is 11.3 Å². The van der Waals surface area contributed by atoms with Gasteiger partial charge in [0.15, 0.2) is 0 Å². The largest absolute Gasteiger partial charge is 0.368 e. The Morgan fingerprint density at radius 2 is 2.50 bits per heavy atom. The van der Waals surface area contributed by atoms with Crippen molar-refractivity contribution in [1.29, 1.82) is 0 Å². The first-order valence-corrected chi connectivity index (χ1v) is 8.08. The summed E-state index contributed by atoms with van der Waals surface area (Å²) in [4.78, 5) is 26.3. The highest BCUT2D eigenvalue weighted by atomic mass is 32.1. The summed E-state index contributed by atoms with van der Waals surface area (Å²) >= 11 is 1.67. The highest BCUT2D eigenvalue weighted by molar-refractivity contribution is 7.09. The zero-order chi connectivity index (χ0) is 15.4. The predicted molar refractivity (Wildman–Crippen MR) is 82.2 cm³/mol. The van der Waals surface area contributed by atoms with E-state index in [1.54, 1.807) is 17.5 Å². The van der Waals surface area contributed by atoms with E-state index >= 15 is 0 Å². The van der Waals surface area contributed by atoms with Crippen LogP contribution < -0.4 is 5.32 Å². The molecule has 1 aliphatic heterocycles. The van der Waals surface area contributed by atoms with E-state index in [0.29, 0.717) is 13.2 Å². The average Bonchev–Trinajstić information content (AvgIpc) is 3.16. The lowest BCUT2D eigenvalue weighted by atomic mass is 10.2. The van der Waals surface area contributed by atoms with Gasteiger partial charge >= 0.3 is 0 Å². The van der Waals surface area contributed by atoms with Crippen LogP contribution in [0.4, 0.5) is 0 Å². The number of nitrogens with zero attached hydrogens (tertiary/aromatic N) is 3. The van der Waals surface area contributed by atoms with Crippen LogP contribution in [-0.2, 0) is 22.6 Å². The minimum absolute atomic E-state index is 0.0548. The number of H-pyrrole nitrogens is 1. The second-order valence-electron chi connectivity index (χ2n) is 5.27. The van der Waals surface area contributed by atoms with Crippen molar-refractivity contribution in [2.24, 2.45) is 0 Å². The van der Waals surface area contributed by atoms with Crippen LogP contribution in [-0.4, -0.2) is 45.5 Å². The fraction of sp³-hybridized carbons (Fsp3) is 0.500. The molecule has 3 heterocycles. The van der Waals surface area contributed by atoms with Crippen LogP contribution in [0.3, 0.4) is 0 Å². The number of rotatable bonds is 5. The maximum Gasteiger partial charge on any atom is 0.217 e. The standard InChI is InChI=1S/C14H19N5O2S/c1-10(20)16-4-11-5-17-14(18-11)13-8-19(2-3-21-13)7-12-6-15-9-22-12/h5-6,9,13H,2-4,7-8H2,1H3,(H,16,20)(H,17,18)/t13-/m0/s1. The van der Waals surface area contributed by atoms with E-state index in [9.17, 15) is 4.79 Å². The van der Waals surface area contributed by atoms with Crippen molar-refractivity contribution in [2.75, 3.05) is 19.7 Å². The molecule has 0 aliphatic carbocycles. The van der Waals surface area contributed by atoms with Crippen LogP contribution in [0.15, 0.2) is 17.9 Å². The SMILES string of the molecule is CC(=O)NCc1cnc([C@@H]2CN(Cc3cncs3)CCO2)[nH]1. The van der Waals surface area contributed by atoms with Gasteiger partial charge in [-0.2, -0.15) is 0 Å². The molecule has 8 heteroatoms. The van der Waals surface area contributed by atoms with Gasteiger partial charge in [-0.05, 0) is 0 Å².